The van der Waals surface area contributed by atoms with Gasteiger partial charge in [-0.2, -0.15) is 0 Å². The van der Waals surface area contributed by atoms with Crippen molar-refractivity contribution in [3.8, 4) is 0 Å². The third kappa shape index (κ3) is 3.48. The average molecular weight is 383 g/mol. The fraction of sp³-hybridized carbons (Fsp3) is 0.533. The minimum atomic E-state index is -0.593. The number of anilines is 1. The molecule has 0 spiro atoms. The zero-order valence-corrected chi connectivity index (χ0v) is 15.0. The van der Waals surface area contributed by atoms with Crippen molar-refractivity contribution in [1.29, 1.82) is 0 Å². The summed E-state index contributed by atoms with van der Waals surface area (Å²) in [5.74, 6) is 0.725. The highest BCUT2D eigenvalue weighted by Gasteiger charge is 2.25. The number of halogens is 1. The molecule has 1 saturated heterocycles. The molecule has 1 aliphatic rings. The van der Waals surface area contributed by atoms with Gasteiger partial charge in [0, 0.05) is 23.8 Å². The third-order valence-electron chi connectivity index (χ3n) is 3.35. The molecule has 23 heavy (non-hydrogen) atoms. The van der Waals surface area contributed by atoms with Crippen LogP contribution in [0, 0.1) is 0 Å². The summed E-state index contributed by atoms with van der Waals surface area (Å²) < 4.78 is 12.9. The highest BCUT2D eigenvalue weighted by Crippen LogP contribution is 2.28. The first kappa shape index (κ1) is 16.2. The minimum Gasteiger partial charge on any atom is -0.442 e. The molecule has 0 unspecified atom stereocenters. The van der Waals surface area contributed by atoms with Crippen molar-refractivity contribution in [2.45, 2.75) is 26.4 Å². The molecule has 0 radical (unpaired) electrons. The van der Waals surface area contributed by atoms with E-state index in [9.17, 15) is 4.79 Å². The number of pyridine rings is 1. The predicted octanol–water partition coefficient (Wildman–Crippen LogP) is 2.81. The number of carbonyl (C=O) groups excluding carboxylic acids is 1. The second kappa shape index (κ2) is 6.09. The Morgan fingerprint density at radius 1 is 1.35 bits per heavy atom. The molecule has 1 fully saturated rings. The topological polar surface area (TPSA) is 69.5 Å². The number of fused-ring (bicyclic) bond motifs is 1. The molecule has 3 rings (SSSR count). The fourth-order valence-corrected chi connectivity index (χ4v) is 2.73. The number of rotatable bonds is 1. The van der Waals surface area contributed by atoms with E-state index in [-0.39, 0.29) is 0 Å². The summed E-state index contributed by atoms with van der Waals surface area (Å²) in [7, 11) is 0. The number of ether oxygens (including phenoxy) is 2. The highest BCUT2D eigenvalue weighted by atomic mass is 79.9. The molecule has 0 saturated carbocycles. The van der Waals surface area contributed by atoms with Crippen LogP contribution in [0.2, 0.25) is 0 Å². The summed E-state index contributed by atoms with van der Waals surface area (Å²) >= 11 is 3.43. The van der Waals surface area contributed by atoms with Crippen LogP contribution in [0.5, 0.6) is 0 Å². The number of carbonyl (C=O) groups is 1. The van der Waals surface area contributed by atoms with Crippen LogP contribution in [0.3, 0.4) is 0 Å². The molecule has 0 aromatic carbocycles. The maximum absolute atomic E-state index is 12.4. The van der Waals surface area contributed by atoms with Crippen LogP contribution >= 0.6 is 15.9 Å². The molecule has 0 bridgehead atoms. The van der Waals surface area contributed by atoms with Gasteiger partial charge in [-0.05, 0) is 42.8 Å². The maximum Gasteiger partial charge on any atom is 0.437 e. The fourth-order valence-electron chi connectivity index (χ4n) is 2.40. The van der Waals surface area contributed by atoms with Gasteiger partial charge in [-0.25, -0.2) is 9.78 Å². The molecule has 0 amide bonds. The van der Waals surface area contributed by atoms with E-state index in [1.54, 1.807) is 6.20 Å². The Morgan fingerprint density at radius 3 is 2.70 bits per heavy atom. The SMILES string of the molecule is CC(C)(C)OC(=O)n1nc(N2CCOCC2)c2cc(Br)cnc21. The number of aromatic nitrogens is 3. The van der Waals surface area contributed by atoms with E-state index in [1.807, 2.05) is 26.8 Å². The van der Waals surface area contributed by atoms with Crippen molar-refractivity contribution in [2.24, 2.45) is 0 Å². The Kier molecular flexibility index (Phi) is 4.29. The lowest BCUT2D eigenvalue weighted by Crippen LogP contribution is -2.36. The van der Waals surface area contributed by atoms with Gasteiger partial charge in [-0.3, -0.25) is 0 Å². The van der Waals surface area contributed by atoms with E-state index >= 15 is 0 Å². The normalized spacial score (nSPS) is 15.9. The van der Waals surface area contributed by atoms with Gasteiger partial charge in [0.15, 0.2) is 11.5 Å². The minimum absolute atomic E-state index is 0.490. The first-order valence-electron chi connectivity index (χ1n) is 7.45. The predicted molar refractivity (Wildman–Crippen MR) is 89.9 cm³/mol. The second-order valence-corrected chi connectivity index (χ2v) is 7.26. The maximum atomic E-state index is 12.4. The number of hydrogen-bond acceptors (Lipinski definition) is 6. The van der Waals surface area contributed by atoms with E-state index in [0.29, 0.717) is 18.9 Å². The molecule has 8 heteroatoms. The third-order valence-corrected chi connectivity index (χ3v) is 3.78. The summed E-state index contributed by atoms with van der Waals surface area (Å²) in [5, 5.41) is 5.28. The van der Waals surface area contributed by atoms with Crippen molar-refractivity contribution in [3.05, 3.63) is 16.7 Å². The molecule has 1 aliphatic heterocycles. The van der Waals surface area contributed by atoms with Crippen LogP contribution in [-0.2, 0) is 9.47 Å². The summed E-state index contributed by atoms with van der Waals surface area (Å²) in [6.45, 7) is 8.21. The molecule has 3 heterocycles. The van der Waals surface area contributed by atoms with Crippen molar-refractivity contribution >= 4 is 38.9 Å². The monoisotopic (exact) mass is 382 g/mol. The lowest BCUT2D eigenvalue weighted by Gasteiger charge is -2.26. The van der Waals surface area contributed by atoms with Gasteiger partial charge in [0.25, 0.3) is 0 Å². The van der Waals surface area contributed by atoms with Gasteiger partial charge >= 0.3 is 6.09 Å². The first-order valence-corrected chi connectivity index (χ1v) is 8.25. The zero-order chi connectivity index (χ0) is 16.6. The number of hydrogen-bond donors (Lipinski definition) is 0. The lowest BCUT2D eigenvalue weighted by atomic mass is 10.2. The Labute approximate surface area is 142 Å². The molecule has 0 atom stereocenters. The largest absolute Gasteiger partial charge is 0.442 e. The molecule has 2 aromatic rings. The van der Waals surface area contributed by atoms with Gasteiger partial charge < -0.3 is 14.4 Å². The van der Waals surface area contributed by atoms with E-state index in [4.69, 9.17) is 9.47 Å². The summed E-state index contributed by atoms with van der Waals surface area (Å²) in [6.07, 6.45) is 1.12. The van der Waals surface area contributed by atoms with Crippen molar-refractivity contribution in [3.63, 3.8) is 0 Å². The number of nitrogens with zero attached hydrogens (tertiary/aromatic N) is 4. The Morgan fingerprint density at radius 2 is 2.04 bits per heavy atom. The van der Waals surface area contributed by atoms with Crippen LogP contribution in [-0.4, -0.2) is 52.8 Å². The highest BCUT2D eigenvalue weighted by molar-refractivity contribution is 9.10. The van der Waals surface area contributed by atoms with E-state index in [2.05, 4.69) is 30.9 Å². The summed E-state index contributed by atoms with van der Waals surface area (Å²) in [4.78, 5) is 18.9. The van der Waals surface area contributed by atoms with Gasteiger partial charge in [0.2, 0.25) is 0 Å². The second-order valence-electron chi connectivity index (χ2n) is 6.34. The molecule has 0 N–H and O–H groups in total. The van der Waals surface area contributed by atoms with Crippen molar-refractivity contribution < 1.29 is 14.3 Å². The van der Waals surface area contributed by atoms with Gasteiger partial charge in [-0.1, -0.05) is 0 Å². The summed E-state index contributed by atoms with van der Waals surface area (Å²) in [6, 6.07) is 1.92. The molecular formula is C15H19BrN4O3. The molecule has 0 aliphatic carbocycles. The Balaban J connectivity index is 2.06. The molecule has 7 nitrogen and oxygen atoms in total. The number of morpholine rings is 1. The Bertz CT molecular complexity index is 732. The smallest absolute Gasteiger partial charge is 0.437 e. The van der Waals surface area contributed by atoms with Gasteiger partial charge in [0.1, 0.15) is 5.60 Å². The standard InChI is InChI=1S/C15H19BrN4O3/c1-15(2,3)23-14(21)20-12-11(8-10(16)9-17-12)13(18-20)19-4-6-22-7-5-19/h8-9H,4-7H2,1-3H3. The quantitative estimate of drug-likeness (QED) is 0.755. The van der Waals surface area contributed by atoms with Crippen LogP contribution in [0.15, 0.2) is 16.7 Å². The summed E-state index contributed by atoms with van der Waals surface area (Å²) in [5.41, 5.74) is -0.104. The van der Waals surface area contributed by atoms with Crippen LogP contribution in [0.25, 0.3) is 11.0 Å². The van der Waals surface area contributed by atoms with Crippen molar-refractivity contribution in [2.75, 3.05) is 31.2 Å². The first-order chi connectivity index (χ1) is 10.8. The van der Waals surface area contributed by atoms with E-state index < -0.39 is 11.7 Å². The average Bonchev–Trinajstić information content (AvgIpc) is 2.85. The molecular weight excluding hydrogens is 364 g/mol. The molecule has 124 valence electrons. The molecule has 2 aromatic heterocycles. The lowest BCUT2D eigenvalue weighted by molar-refractivity contribution is 0.0522. The van der Waals surface area contributed by atoms with Crippen LogP contribution in [0.1, 0.15) is 20.8 Å². The Hall–Kier alpha value is -1.67. The van der Waals surface area contributed by atoms with Crippen molar-refractivity contribution in [1.82, 2.24) is 14.8 Å². The van der Waals surface area contributed by atoms with Crippen LogP contribution in [0.4, 0.5) is 10.6 Å². The van der Waals surface area contributed by atoms with Gasteiger partial charge in [-0.15, -0.1) is 9.78 Å². The van der Waals surface area contributed by atoms with Gasteiger partial charge in [0.05, 0.1) is 18.6 Å². The zero-order valence-electron chi connectivity index (χ0n) is 13.4. The van der Waals surface area contributed by atoms with E-state index in [0.717, 1.165) is 28.8 Å². The van der Waals surface area contributed by atoms with Crippen LogP contribution < -0.4 is 4.90 Å². The van der Waals surface area contributed by atoms with E-state index in [1.165, 1.54) is 4.68 Å².